The van der Waals surface area contributed by atoms with Crippen LogP contribution in [0.2, 0.25) is 0 Å². The van der Waals surface area contributed by atoms with Crippen LogP contribution in [0.4, 0.5) is 20.2 Å². The molecule has 4 nitrogen and oxygen atoms in total. The molecule has 0 aromatic heterocycles. The Morgan fingerprint density at radius 2 is 1.70 bits per heavy atom. The van der Waals surface area contributed by atoms with E-state index in [0.717, 1.165) is 12.1 Å². The summed E-state index contributed by atoms with van der Waals surface area (Å²) in [5.74, 6) is -2.49. The summed E-state index contributed by atoms with van der Waals surface area (Å²) >= 11 is 3.16. The maximum atomic E-state index is 13.6. The van der Waals surface area contributed by atoms with Crippen molar-refractivity contribution in [3.8, 4) is 0 Å². The van der Waals surface area contributed by atoms with E-state index in [-0.39, 0.29) is 11.4 Å². The lowest BCUT2D eigenvalue weighted by atomic mass is 10.3. The second-order valence-electron chi connectivity index (χ2n) is 3.93. The average molecular weight is 363 g/mol. The van der Waals surface area contributed by atoms with Crippen LogP contribution in [-0.4, -0.2) is 8.42 Å². The minimum absolute atomic E-state index is 0.176. The number of rotatable bonds is 3. The Balaban J connectivity index is 2.46. The fourth-order valence-electron chi connectivity index (χ4n) is 1.59. The van der Waals surface area contributed by atoms with E-state index in [1.807, 2.05) is 0 Å². The summed E-state index contributed by atoms with van der Waals surface area (Å²) in [4.78, 5) is -1.06. The summed E-state index contributed by atoms with van der Waals surface area (Å²) in [6.45, 7) is 0. The Kier molecular flexibility index (Phi) is 3.96. The molecule has 2 rings (SSSR count). The first-order valence-corrected chi connectivity index (χ1v) is 7.60. The van der Waals surface area contributed by atoms with Gasteiger partial charge in [0.05, 0.1) is 0 Å². The van der Waals surface area contributed by atoms with Crippen LogP contribution in [0.3, 0.4) is 0 Å². The van der Waals surface area contributed by atoms with Gasteiger partial charge in [-0.3, -0.25) is 4.72 Å². The molecular weight excluding hydrogens is 354 g/mol. The van der Waals surface area contributed by atoms with Crippen LogP contribution in [0.5, 0.6) is 0 Å². The summed E-state index contributed by atoms with van der Waals surface area (Å²) in [5, 5.41) is 0. The molecule has 0 spiro atoms. The molecule has 20 heavy (non-hydrogen) atoms. The van der Waals surface area contributed by atoms with Crippen LogP contribution in [0.1, 0.15) is 0 Å². The van der Waals surface area contributed by atoms with Gasteiger partial charge in [-0.25, -0.2) is 17.2 Å². The van der Waals surface area contributed by atoms with E-state index in [1.54, 1.807) is 12.1 Å². The van der Waals surface area contributed by atoms with E-state index >= 15 is 0 Å². The van der Waals surface area contributed by atoms with Crippen molar-refractivity contribution < 1.29 is 17.2 Å². The number of halogens is 3. The van der Waals surface area contributed by atoms with Gasteiger partial charge in [0.25, 0.3) is 10.0 Å². The zero-order valence-electron chi connectivity index (χ0n) is 9.90. The first kappa shape index (κ1) is 14.7. The third-order valence-electron chi connectivity index (χ3n) is 2.37. The zero-order valence-corrected chi connectivity index (χ0v) is 12.3. The molecule has 0 atom stereocenters. The van der Waals surface area contributed by atoms with E-state index in [9.17, 15) is 17.2 Å². The predicted octanol–water partition coefficient (Wildman–Crippen LogP) is 3.11. The SMILES string of the molecule is Nc1cc(F)c(S(=O)(=O)Nc2cccc(Br)c2)c(F)c1. The minimum Gasteiger partial charge on any atom is -0.399 e. The van der Waals surface area contributed by atoms with Crippen molar-refractivity contribution >= 4 is 37.3 Å². The minimum atomic E-state index is -4.38. The highest BCUT2D eigenvalue weighted by Crippen LogP contribution is 2.25. The normalized spacial score (nSPS) is 11.3. The predicted molar refractivity (Wildman–Crippen MR) is 75.7 cm³/mol. The molecule has 8 heteroatoms. The van der Waals surface area contributed by atoms with E-state index in [2.05, 4.69) is 20.7 Å². The van der Waals surface area contributed by atoms with Crippen LogP contribution < -0.4 is 10.5 Å². The van der Waals surface area contributed by atoms with Gasteiger partial charge in [-0.15, -0.1) is 0 Å². The molecule has 0 amide bonds. The molecule has 106 valence electrons. The molecule has 0 aliphatic carbocycles. The highest BCUT2D eigenvalue weighted by Gasteiger charge is 2.24. The number of anilines is 2. The number of nitrogens with one attached hydrogen (secondary N) is 1. The Hall–Kier alpha value is -1.67. The largest absolute Gasteiger partial charge is 0.399 e. The molecule has 0 bridgehead atoms. The van der Waals surface area contributed by atoms with E-state index < -0.39 is 26.6 Å². The van der Waals surface area contributed by atoms with Crippen LogP contribution >= 0.6 is 15.9 Å². The summed E-state index contributed by atoms with van der Waals surface area (Å²) in [6.07, 6.45) is 0. The van der Waals surface area contributed by atoms with Crippen LogP contribution in [0.25, 0.3) is 0 Å². The van der Waals surface area contributed by atoms with Gasteiger partial charge < -0.3 is 5.73 Å². The van der Waals surface area contributed by atoms with Crippen molar-refractivity contribution in [2.75, 3.05) is 10.5 Å². The maximum absolute atomic E-state index is 13.6. The van der Waals surface area contributed by atoms with Gasteiger partial charge in [0.15, 0.2) is 4.90 Å². The first-order chi connectivity index (χ1) is 9.29. The number of sulfonamides is 1. The van der Waals surface area contributed by atoms with Crippen LogP contribution in [0.15, 0.2) is 45.8 Å². The van der Waals surface area contributed by atoms with Crippen LogP contribution in [0, 0.1) is 11.6 Å². The molecule has 2 aromatic rings. The number of nitrogens with two attached hydrogens (primary N) is 1. The molecule has 0 radical (unpaired) electrons. The van der Waals surface area contributed by atoms with Crippen molar-refractivity contribution in [3.63, 3.8) is 0 Å². The standard InChI is InChI=1S/C12H9BrF2N2O2S/c13-7-2-1-3-9(4-7)17-20(18,19)12-10(14)5-8(16)6-11(12)15/h1-6,17H,16H2. The fraction of sp³-hybridized carbons (Fsp3) is 0. The number of hydrogen-bond acceptors (Lipinski definition) is 3. The van der Waals surface area contributed by atoms with Gasteiger partial charge in [0, 0.05) is 15.8 Å². The fourth-order valence-corrected chi connectivity index (χ4v) is 3.16. The van der Waals surface area contributed by atoms with Gasteiger partial charge in [0.2, 0.25) is 0 Å². The van der Waals surface area contributed by atoms with Gasteiger partial charge in [0.1, 0.15) is 11.6 Å². The Morgan fingerprint density at radius 3 is 2.25 bits per heavy atom. The van der Waals surface area contributed by atoms with E-state index in [1.165, 1.54) is 12.1 Å². The van der Waals surface area contributed by atoms with Gasteiger partial charge in [-0.05, 0) is 30.3 Å². The molecule has 0 heterocycles. The highest BCUT2D eigenvalue weighted by molar-refractivity contribution is 9.10. The molecule has 3 N–H and O–H groups in total. The van der Waals surface area contributed by atoms with E-state index in [0.29, 0.717) is 4.47 Å². The third kappa shape index (κ3) is 3.07. The molecule has 0 unspecified atom stereocenters. The molecule has 0 saturated heterocycles. The van der Waals surface area contributed by atoms with Crippen molar-refractivity contribution in [1.29, 1.82) is 0 Å². The Labute approximate surface area is 122 Å². The van der Waals surface area contributed by atoms with Crippen LogP contribution in [-0.2, 0) is 10.0 Å². The van der Waals surface area contributed by atoms with Crippen molar-refractivity contribution in [2.24, 2.45) is 0 Å². The number of hydrogen-bond donors (Lipinski definition) is 2. The lowest BCUT2D eigenvalue weighted by Gasteiger charge is -2.10. The summed E-state index contributed by atoms with van der Waals surface area (Å²) in [6, 6.07) is 7.68. The maximum Gasteiger partial charge on any atom is 0.267 e. The lowest BCUT2D eigenvalue weighted by molar-refractivity contribution is 0.522. The average Bonchev–Trinajstić information content (AvgIpc) is 2.25. The van der Waals surface area contributed by atoms with Crippen molar-refractivity contribution in [3.05, 3.63) is 52.5 Å². The second kappa shape index (κ2) is 5.37. The van der Waals surface area contributed by atoms with Gasteiger partial charge >= 0.3 is 0 Å². The number of benzene rings is 2. The highest BCUT2D eigenvalue weighted by atomic mass is 79.9. The molecule has 0 fully saturated rings. The molecule has 0 aliphatic rings. The lowest BCUT2D eigenvalue weighted by Crippen LogP contribution is -2.16. The van der Waals surface area contributed by atoms with Gasteiger partial charge in [-0.1, -0.05) is 22.0 Å². The smallest absolute Gasteiger partial charge is 0.267 e. The summed E-state index contributed by atoms with van der Waals surface area (Å²) in [5.41, 5.74) is 5.23. The topological polar surface area (TPSA) is 72.2 Å². The van der Waals surface area contributed by atoms with Gasteiger partial charge in [-0.2, -0.15) is 0 Å². The van der Waals surface area contributed by atoms with E-state index in [4.69, 9.17) is 5.73 Å². The Morgan fingerprint density at radius 1 is 1.10 bits per heavy atom. The summed E-state index contributed by atoms with van der Waals surface area (Å²) in [7, 11) is -4.38. The molecule has 0 aliphatic heterocycles. The quantitative estimate of drug-likeness (QED) is 0.824. The monoisotopic (exact) mass is 362 g/mol. The third-order valence-corrected chi connectivity index (χ3v) is 4.29. The Bertz CT molecular complexity index is 743. The van der Waals surface area contributed by atoms with Crippen molar-refractivity contribution in [1.82, 2.24) is 0 Å². The molecular formula is C12H9BrF2N2O2S. The zero-order chi connectivity index (χ0) is 14.9. The molecule has 0 saturated carbocycles. The summed E-state index contributed by atoms with van der Waals surface area (Å²) < 4.78 is 54.0. The molecule has 2 aromatic carbocycles. The second-order valence-corrected chi connectivity index (χ2v) is 6.46. The number of nitrogen functional groups attached to an aromatic ring is 1. The van der Waals surface area contributed by atoms with Crippen molar-refractivity contribution in [2.45, 2.75) is 4.90 Å². The first-order valence-electron chi connectivity index (χ1n) is 5.32.